The number of nitrogen functional groups attached to an aromatic ring is 1. The number of anilines is 1. The zero-order valence-electron chi connectivity index (χ0n) is 10.1. The SMILES string of the molecule is CCCCSc1ccc(S(=O)(=O)NC)cc1N. The van der Waals surface area contributed by atoms with Gasteiger partial charge in [-0.05, 0) is 37.4 Å². The van der Waals surface area contributed by atoms with Crippen LogP contribution in [0.4, 0.5) is 5.69 Å². The van der Waals surface area contributed by atoms with Crippen molar-refractivity contribution in [3.63, 3.8) is 0 Å². The minimum atomic E-state index is -3.40. The molecule has 0 fully saturated rings. The molecule has 0 atom stereocenters. The Morgan fingerprint density at radius 1 is 1.41 bits per heavy atom. The smallest absolute Gasteiger partial charge is 0.240 e. The third kappa shape index (κ3) is 3.90. The zero-order valence-corrected chi connectivity index (χ0v) is 11.7. The first-order valence-electron chi connectivity index (χ1n) is 5.47. The molecule has 0 heterocycles. The van der Waals surface area contributed by atoms with Crippen LogP contribution in [-0.2, 0) is 10.0 Å². The van der Waals surface area contributed by atoms with Crippen LogP contribution in [0, 0.1) is 0 Å². The van der Waals surface area contributed by atoms with E-state index in [-0.39, 0.29) is 4.90 Å². The molecule has 96 valence electrons. The first kappa shape index (κ1) is 14.3. The van der Waals surface area contributed by atoms with Crippen molar-refractivity contribution < 1.29 is 8.42 Å². The van der Waals surface area contributed by atoms with Crippen LogP contribution in [0.3, 0.4) is 0 Å². The van der Waals surface area contributed by atoms with E-state index in [0.717, 1.165) is 23.5 Å². The predicted octanol–water partition coefficient (Wildman–Crippen LogP) is 2.07. The van der Waals surface area contributed by atoms with Crippen LogP contribution >= 0.6 is 11.8 Å². The van der Waals surface area contributed by atoms with Crippen molar-refractivity contribution in [1.29, 1.82) is 0 Å². The van der Waals surface area contributed by atoms with Crippen LogP contribution in [-0.4, -0.2) is 21.2 Å². The van der Waals surface area contributed by atoms with Crippen molar-refractivity contribution in [1.82, 2.24) is 4.72 Å². The maximum atomic E-state index is 11.6. The molecular formula is C11H18N2O2S2. The first-order chi connectivity index (χ1) is 8.01. The van der Waals surface area contributed by atoms with Gasteiger partial charge in [0.1, 0.15) is 0 Å². The number of hydrogen-bond donors (Lipinski definition) is 2. The predicted molar refractivity (Wildman–Crippen MR) is 72.7 cm³/mol. The summed E-state index contributed by atoms with van der Waals surface area (Å²) in [5, 5.41) is 0. The highest BCUT2D eigenvalue weighted by Gasteiger charge is 2.12. The van der Waals surface area contributed by atoms with Gasteiger partial charge in [-0.15, -0.1) is 11.8 Å². The first-order valence-corrected chi connectivity index (χ1v) is 7.94. The van der Waals surface area contributed by atoms with E-state index in [4.69, 9.17) is 5.73 Å². The molecule has 0 radical (unpaired) electrons. The van der Waals surface area contributed by atoms with Crippen LogP contribution in [0.25, 0.3) is 0 Å². The van der Waals surface area contributed by atoms with Crippen LogP contribution in [0.15, 0.2) is 28.0 Å². The van der Waals surface area contributed by atoms with Gasteiger partial charge in [-0.25, -0.2) is 13.1 Å². The van der Waals surface area contributed by atoms with Gasteiger partial charge in [0, 0.05) is 10.6 Å². The number of thioether (sulfide) groups is 1. The summed E-state index contributed by atoms with van der Waals surface area (Å²) in [6, 6.07) is 4.84. The summed E-state index contributed by atoms with van der Waals surface area (Å²) in [6.07, 6.45) is 2.26. The second kappa shape index (κ2) is 6.28. The Balaban J connectivity index is 2.87. The Bertz CT molecular complexity index is 472. The molecule has 0 bridgehead atoms. The van der Waals surface area contributed by atoms with Gasteiger partial charge in [0.15, 0.2) is 0 Å². The number of nitrogens with two attached hydrogens (primary N) is 1. The fraction of sp³-hybridized carbons (Fsp3) is 0.455. The Kier molecular flexibility index (Phi) is 5.30. The van der Waals surface area contributed by atoms with E-state index in [1.54, 1.807) is 23.9 Å². The minimum absolute atomic E-state index is 0.206. The normalized spacial score (nSPS) is 11.6. The Hall–Kier alpha value is -0.720. The molecule has 1 aromatic carbocycles. The van der Waals surface area contributed by atoms with E-state index in [2.05, 4.69) is 11.6 Å². The lowest BCUT2D eigenvalue weighted by atomic mass is 10.3. The Morgan fingerprint density at radius 2 is 2.12 bits per heavy atom. The topological polar surface area (TPSA) is 72.2 Å². The van der Waals surface area contributed by atoms with E-state index in [0.29, 0.717) is 5.69 Å². The Morgan fingerprint density at radius 3 is 2.65 bits per heavy atom. The highest BCUT2D eigenvalue weighted by molar-refractivity contribution is 7.99. The second-order valence-electron chi connectivity index (χ2n) is 3.61. The molecule has 6 heteroatoms. The monoisotopic (exact) mass is 274 g/mol. The average Bonchev–Trinajstić information content (AvgIpc) is 2.31. The fourth-order valence-corrected chi connectivity index (χ4v) is 3.08. The molecule has 0 unspecified atom stereocenters. The van der Waals surface area contributed by atoms with Crippen molar-refractivity contribution in [3.8, 4) is 0 Å². The van der Waals surface area contributed by atoms with Crippen molar-refractivity contribution in [3.05, 3.63) is 18.2 Å². The van der Waals surface area contributed by atoms with Crippen molar-refractivity contribution in [2.24, 2.45) is 0 Å². The third-order valence-electron chi connectivity index (χ3n) is 2.32. The summed E-state index contributed by atoms with van der Waals surface area (Å²) < 4.78 is 25.4. The van der Waals surface area contributed by atoms with Gasteiger partial charge in [-0.2, -0.15) is 0 Å². The maximum Gasteiger partial charge on any atom is 0.240 e. The molecule has 0 aliphatic rings. The zero-order chi connectivity index (χ0) is 12.9. The molecule has 0 spiro atoms. The highest BCUT2D eigenvalue weighted by Crippen LogP contribution is 2.28. The maximum absolute atomic E-state index is 11.6. The van der Waals surface area contributed by atoms with Gasteiger partial charge in [-0.1, -0.05) is 13.3 Å². The van der Waals surface area contributed by atoms with E-state index in [9.17, 15) is 8.42 Å². The third-order valence-corrected chi connectivity index (χ3v) is 4.90. The summed E-state index contributed by atoms with van der Waals surface area (Å²) in [7, 11) is -2.02. The number of hydrogen-bond acceptors (Lipinski definition) is 4. The Labute approximate surface area is 107 Å². The summed E-state index contributed by atoms with van der Waals surface area (Å²) >= 11 is 1.66. The van der Waals surface area contributed by atoms with Crippen molar-refractivity contribution >= 4 is 27.5 Å². The fourth-order valence-electron chi connectivity index (χ4n) is 1.27. The molecule has 1 aromatic rings. The molecule has 3 N–H and O–H groups in total. The van der Waals surface area contributed by atoms with Gasteiger partial charge in [-0.3, -0.25) is 0 Å². The largest absolute Gasteiger partial charge is 0.398 e. The summed E-state index contributed by atoms with van der Waals surface area (Å²) in [5.41, 5.74) is 6.36. The van der Waals surface area contributed by atoms with Crippen LogP contribution in [0.1, 0.15) is 19.8 Å². The quantitative estimate of drug-likeness (QED) is 0.473. The minimum Gasteiger partial charge on any atom is -0.398 e. The van der Waals surface area contributed by atoms with E-state index < -0.39 is 10.0 Å². The van der Waals surface area contributed by atoms with Crippen molar-refractivity contribution in [2.75, 3.05) is 18.5 Å². The van der Waals surface area contributed by atoms with E-state index >= 15 is 0 Å². The molecular weight excluding hydrogens is 256 g/mol. The average molecular weight is 274 g/mol. The lowest BCUT2D eigenvalue weighted by molar-refractivity contribution is 0.588. The van der Waals surface area contributed by atoms with Gasteiger partial charge >= 0.3 is 0 Å². The van der Waals surface area contributed by atoms with E-state index in [1.807, 2.05) is 0 Å². The molecule has 4 nitrogen and oxygen atoms in total. The summed E-state index contributed by atoms with van der Waals surface area (Å²) in [5.74, 6) is 0.999. The molecule has 0 aliphatic heterocycles. The van der Waals surface area contributed by atoms with Gasteiger partial charge in [0.05, 0.1) is 4.90 Å². The molecule has 0 aromatic heterocycles. The lowest BCUT2D eigenvalue weighted by Gasteiger charge is -2.08. The van der Waals surface area contributed by atoms with Crippen LogP contribution in [0.5, 0.6) is 0 Å². The molecule has 0 aliphatic carbocycles. The van der Waals surface area contributed by atoms with E-state index in [1.165, 1.54) is 13.1 Å². The number of benzene rings is 1. The number of unbranched alkanes of at least 4 members (excludes halogenated alkanes) is 1. The van der Waals surface area contributed by atoms with Crippen LogP contribution < -0.4 is 10.5 Å². The van der Waals surface area contributed by atoms with Crippen molar-refractivity contribution in [2.45, 2.75) is 29.6 Å². The van der Waals surface area contributed by atoms with Gasteiger partial charge in [0.25, 0.3) is 0 Å². The molecule has 17 heavy (non-hydrogen) atoms. The van der Waals surface area contributed by atoms with Crippen LogP contribution in [0.2, 0.25) is 0 Å². The number of nitrogens with one attached hydrogen (secondary N) is 1. The molecule has 1 rings (SSSR count). The summed E-state index contributed by atoms with van der Waals surface area (Å²) in [4.78, 5) is 1.14. The molecule has 0 saturated carbocycles. The lowest BCUT2D eigenvalue weighted by Crippen LogP contribution is -2.18. The van der Waals surface area contributed by atoms with Gasteiger partial charge < -0.3 is 5.73 Å². The standard InChI is InChI=1S/C11H18N2O2S2/c1-3-4-7-16-11-6-5-9(8-10(11)12)17(14,15)13-2/h5-6,8,13H,3-4,7,12H2,1-2H3. The highest BCUT2D eigenvalue weighted by atomic mass is 32.2. The second-order valence-corrected chi connectivity index (χ2v) is 6.63. The number of sulfonamides is 1. The summed E-state index contributed by atoms with van der Waals surface area (Å²) in [6.45, 7) is 2.13. The molecule has 0 saturated heterocycles. The number of rotatable bonds is 6. The van der Waals surface area contributed by atoms with Gasteiger partial charge in [0.2, 0.25) is 10.0 Å². The molecule has 0 amide bonds.